The highest BCUT2D eigenvalue weighted by Crippen LogP contribution is 2.36. The Morgan fingerprint density at radius 1 is 1.19 bits per heavy atom. The summed E-state index contributed by atoms with van der Waals surface area (Å²) in [5, 5.41) is 20.5. The van der Waals surface area contributed by atoms with E-state index >= 15 is 0 Å². The molecule has 0 unspecified atom stereocenters. The van der Waals surface area contributed by atoms with Crippen molar-refractivity contribution in [3.05, 3.63) is 63.7 Å². The second-order valence-corrected chi connectivity index (χ2v) is 5.45. The van der Waals surface area contributed by atoms with Crippen molar-refractivity contribution >= 4 is 17.4 Å². The van der Waals surface area contributed by atoms with Gasteiger partial charge in [0.15, 0.2) is 11.6 Å². The molecule has 7 heteroatoms. The topological polar surface area (TPSA) is 63.4 Å². The van der Waals surface area contributed by atoms with Crippen molar-refractivity contribution in [1.82, 2.24) is 0 Å². The van der Waals surface area contributed by atoms with Crippen molar-refractivity contribution in [2.45, 2.75) is 22.8 Å². The Kier molecular flexibility index (Phi) is 4.54. The van der Waals surface area contributed by atoms with Crippen LogP contribution in [0.5, 0.6) is 0 Å². The van der Waals surface area contributed by atoms with Gasteiger partial charge in [-0.25, -0.2) is 8.78 Å². The van der Waals surface area contributed by atoms with E-state index in [1.165, 1.54) is 25.1 Å². The number of nitrogens with zero attached hydrogens (tertiary/aromatic N) is 1. The molecule has 0 spiro atoms. The minimum atomic E-state index is -1.01. The zero-order chi connectivity index (χ0) is 15.6. The summed E-state index contributed by atoms with van der Waals surface area (Å²) in [6.07, 6.45) is -0.828. The fraction of sp³-hybridized carbons (Fsp3) is 0.143. The zero-order valence-electron chi connectivity index (χ0n) is 10.9. The van der Waals surface area contributed by atoms with E-state index in [1.54, 1.807) is 6.07 Å². The molecule has 0 bridgehead atoms. The highest BCUT2D eigenvalue weighted by molar-refractivity contribution is 7.99. The average molecular weight is 311 g/mol. The number of hydrogen-bond donors (Lipinski definition) is 1. The maximum atomic E-state index is 13.2. The van der Waals surface area contributed by atoms with Gasteiger partial charge in [0.25, 0.3) is 5.69 Å². The largest absolute Gasteiger partial charge is 0.389 e. The van der Waals surface area contributed by atoms with Crippen LogP contribution in [-0.4, -0.2) is 10.0 Å². The molecule has 0 aliphatic carbocycles. The maximum Gasteiger partial charge on any atom is 0.283 e. The van der Waals surface area contributed by atoms with Gasteiger partial charge in [-0.3, -0.25) is 10.1 Å². The average Bonchev–Trinajstić information content (AvgIpc) is 2.43. The Labute approximate surface area is 123 Å². The summed E-state index contributed by atoms with van der Waals surface area (Å²) < 4.78 is 26.0. The van der Waals surface area contributed by atoms with Gasteiger partial charge in [-0.1, -0.05) is 17.8 Å². The second kappa shape index (κ2) is 6.19. The van der Waals surface area contributed by atoms with Crippen LogP contribution in [-0.2, 0) is 0 Å². The molecule has 0 aliphatic heterocycles. The summed E-state index contributed by atoms with van der Waals surface area (Å²) in [7, 11) is 0. The van der Waals surface area contributed by atoms with Crippen LogP contribution in [0.4, 0.5) is 14.5 Å². The van der Waals surface area contributed by atoms with Gasteiger partial charge in [0.05, 0.1) is 15.9 Å². The van der Waals surface area contributed by atoms with Gasteiger partial charge >= 0.3 is 0 Å². The van der Waals surface area contributed by atoms with E-state index in [2.05, 4.69) is 0 Å². The van der Waals surface area contributed by atoms with Crippen LogP contribution in [0.15, 0.2) is 46.2 Å². The fourth-order valence-electron chi connectivity index (χ4n) is 1.69. The summed E-state index contributed by atoms with van der Waals surface area (Å²) in [4.78, 5) is 11.1. The SMILES string of the molecule is C[C@@H](O)c1ccc(Sc2ccc(F)c(F)c2)c([N+](=O)[O-])c1. The molecule has 2 aromatic rings. The third-order valence-electron chi connectivity index (χ3n) is 2.78. The minimum absolute atomic E-state index is 0.192. The van der Waals surface area contributed by atoms with Gasteiger partial charge in [0.2, 0.25) is 0 Å². The summed E-state index contributed by atoms with van der Waals surface area (Å²) in [6, 6.07) is 7.59. The predicted molar refractivity (Wildman–Crippen MR) is 74.2 cm³/mol. The van der Waals surface area contributed by atoms with Gasteiger partial charge in [-0.05, 0) is 36.8 Å². The Morgan fingerprint density at radius 3 is 2.48 bits per heavy atom. The summed E-state index contributed by atoms with van der Waals surface area (Å²) >= 11 is 0.956. The van der Waals surface area contributed by atoms with E-state index in [9.17, 15) is 24.0 Å². The molecule has 21 heavy (non-hydrogen) atoms. The molecule has 0 amide bonds. The first-order chi connectivity index (χ1) is 9.88. The van der Waals surface area contributed by atoms with Crippen LogP contribution < -0.4 is 0 Å². The molecule has 0 saturated carbocycles. The first-order valence-corrected chi connectivity index (χ1v) is 6.79. The van der Waals surface area contributed by atoms with E-state index in [1.807, 2.05) is 0 Å². The lowest BCUT2D eigenvalue weighted by Gasteiger charge is -2.08. The van der Waals surface area contributed by atoms with Crippen LogP contribution >= 0.6 is 11.8 Å². The van der Waals surface area contributed by atoms with Crippen molar-refractivity contribution in [3.63, 3.8) is 0 Å². The van der Waals surface area contributed by atoms with Crippen molar-refractivity contribution in [2.24, 2.45) is 0 Å². The van der Waals surface area contributed by atoms with Crippen molar-refractivity contribution in [2.75, 3.05) is 0 Å². The first kappa shape index (κ1) is 15.4. The number of nitro benzene ring substituents is 1. The van der Waals surface area contributed by atoms with Gasteiger partial charge in [-0.2, -0.15) is 0 Å². The van der Waals surface area contributed by atoms with Gasteiger partial charge < -0.3 is 5.11 Å². The molecule has 1 N–H and O–H groups in total. The third-order valence-corrected chi connectivity index (χ3v) is 3.84. The molecule has 0 aromatic heterocycles. The number of hydrogen-bond acceptors (Lipinski definition) is 4. The molecule has 4 nitrogen and oxygen atoms in total. The lowest BCUT2D eigenvalue weighted by molar-refractivity contribution is -0.387. The van der Waals surface area contributed by atoms with Crippen LogP contribution in [0.25, 0.3) is 0 Å². The monoisotopic (exact) mass is 311 g/mol. The molecule has 0 aliphatic rings. The first-order valence-electron chi connectivity index (χ1n) is 5.98. The van der Waals surface area contributed by atoms with Crippen LogP contribution in [0, 0.1) is 21.7 Å². The number of aliphatic hydroxyl groups is 1. The van der Waals surface area contributed by atoms with Gasteiger partial charge in [0.1, 0.15) is 0 Å². The van der Waals surface area contributed by atoms with Crippen molar-refractivity contribution in [3.8, 4) is 0 Å². The van der Waals surface area contributed by atoms with Crippen LogP contribution in [0.1, 0.15) is 18.6 Å². The highest BCUT2D eigenvalue weighted by atomic mass is 32.2. The highest BCUT2D eigenvalue weighted by Gasteiger charge is 2.17. The van der Waals surface area contributed by atoms with E-state index in [-0.39, 0.29) is 10.6 Å². The third kappa shape index (κ3) is 3.56. The van der Waals surface area contributed by atoms with Crippen molar-refractivity contribution < 1.29 is 18.8 Å². The quantitative estimate of drug-likeness (QED) is 0.682. The number of halogens is 2. The predicted octanol–water partition coefficient (Wildman–Crippen LogP) is 4.08. The molecule has 1 atom stereocenters. The molecular weight excluding hydrogens is 300 g/mol. The Bertz CT molecular complexity index is 692. The van der Waals surface area contributed by atoms with Gasteiger partial charge in [0, 0.05) is 11.0 Å². The Balaban J connectivity index is 2.39. The smallest absolute Gasteiger partial charge is 0.283 e. The zero-order valence-corrected chi connectivity index (χ0v) is 11.7. The molecule has 0 heterocycles. The molecule has 2 aromatic carbocycles. The van der Waals surface area contributed by atoms with E-state index in [4.69, 9.17) is 0 Å². The minimum Gasteiger partial charge on any atom is -0.389 e. The Hall–Kier alpha value is -1.99. The van der Waals surface area contributed by atoms with Crippen molar-refractivity contribution in [1.29, 1.82) is 0 Å². The second-order valence-electron chi connectivity index (χ2n) is 4.34. The number of benzene rings is 2. The van der Waals surface area contributed by atoms with Gasteiger partial charge in [-0.15, -0.1) is 0 Å². The van der Waals surface area contributed by atoms with Crippen LogP contribution in [0.3, 0.4) is 0 Å². The standard InChI is InChI=1S/C14H11F2NO3S/c1-8(18)9-2-5-14(13(6-9)17(19)20)21-10-3-4-11(15)12(16)7-10/h2-8,18H,1H3/t8-/m1/s1. The van der Waals surface area contributed by atoms with Crippen LogP contribution in [0.2, 0.25) is 0 Å². The summed E-state index contributed by atoms with van der Waals surface area (Å²) in [6.45, 7) is 1.50. The van der Waals surface area contributed by atoms with E-state index < -0.39 is 22.7 Å². The lowest BCUT2D eigenvalue weighted by Crippen LogP contribution is -1.96. The molecule has 0 radical (unpaired) electrons. The number of aliphatic hydroxyl groups excluding tert-OH is 1. The van der Waals surface area contributed by atoms with E-state index in [0.717, 1.165) is 23.9 Å². The molecule has 110 valence electrons. The maximum absolute atomic E-state index is 13.2. The molecule has 2 rings (SSSR count). The normalized spacial score (nSPS) is 12.2. The van der Waals surface area contributed by atoms with E-state index in [0.29, 0.717) is 10.5 Å². The molecule has 0 saturated heterocycles. The lowest BCUT2D eigenvalue weighted by atomic mass is 10.1. The number of rotatable bonds is 4. The molecule has 0 fully saturated rings. The Morgan fingerprint density at radius 2 is 1.90 bits per heavy atom. The molecular formula is C14H11F2NO3S. The number of nitro groups is 1. The summed E-state index contributed by atoms with van der Waals surface area (Å²) in [5.74, 6) is -1.98. The fourth-order valence-corrected chi connectivity index (χ4v) is 2.62. The summed E-state index contributed by atoms with van der Waals surface area (Å²) in [5.41, 5.74) is 0.222.